The van der Waals surface area contributed by atoms with Gasteiger partial charge in [-0.1, -0.05) is 22.0 Å². The summed E-state index contributed by atoms with van der Waals surface area (Å²) in [4.78, 5) is 3.26. The quantitative estimate of drug-likeness (QED) is 0.714. The number of fused-ring (bicyclic) bond motifs is 1. The zero-order chi connectivity index (χ0) is 7.84. The summed E-state index contributed by atoms with van der Waals surface area (Å²) in [6.07, 6.45) is 0. The summed E-state index contributed by atoms with van der Waals surface area (Å²) in [6.45, 7) is 0. The molecule has 1 nitrogen and oxygen atoms in total. The number of hydrogen-bond donors (Lipinski definition) is 1. The Morgan fingerprint density at radius 2 is 2.18 bits per heavy atom. The van der Waals surface area contributed by atoms with Crippen molar-refractivity contribution in [2.45, 2.75) is 0 Å². The number of hydrogen-bond acceptors (Lipinski definition) is 0. The highest BCUT2D eigenvalue weighted by atomic mass is 127. The lowest BCUT2D eigenvalue weighted by Crippen LogP contribution is -1.67. The molecule has 0 radical (unpaired) electrons. The molecule has 1 N–H and O–H groups in total. The molecule has 1 aromatic carbocycles. The summed E-state index contributed by atoms with van der Waals surface area (Å²) < 4.78 is 2.32. The Balaban J connectivity index is 2.90. The topological polar surface area (TPSA) is 15.8 Å². The van der Waals surface area contributed by atoms with Crippen molar-refractivity contribution in [2.75, 3.05) is 0 Å². The third-order valence-corrected chi connectivity index (χ3v) is 2.85. The number of aromatic amines is 1. The van der Waals surface area contributed by atoms with Crippen LogP contribution in [0.25, 0.3) is 10.9 Å². The number of halogens is 2. The van der Waals surface area contributed by atoms with Crippen molar-refractivity contribution in [1.29, 1.82) is 0 Å². The fraction of sp³-hybridized carbons (Fsp3) is 0. The van der Waals surface area contributed by atoms with Crippen LogP contribution in [0.3, 0.4) is 0 Å². The van der Waals surface area contributed by atoms with E-state index in [1.807, 2.05) is 12.1 Å². The fourth-order valence-electron chi connectivity index (χ4n) is 1.08. The van der Waals surface area contributed by atoms with Crippen LogP contribution in [0.5, 0.6) is 0 Å². The van der Waals surface area contributed by atoms with E-state index in [4.69, 9.17) is 0 Å². The van der Waals surface area contributed by atoms with Gasteiger partial charge in [-0.3, -0.25) is 0 Å². The highest BCUT2D eigenvalue weighted by Crippen LogP contribution is 2.24. The molecule has 0 amide bonds. The lowest BCUT2D eigenvalue weighted by atomic mass is 10.3. The average molecular weight is 322 g/mol. The van der Waals surface area contributed by atoms with Crippen LogP contribution in [0.4, 0.5) is 0 Å². The maximum Gasteiger partial charge on any atom is 0.0783 e. The Morgan fingerprint density at radius 1 is 1.36 bits per heavy atom. The number of benzene rings is 1. The van der Waals surface area contributed by atoms with Crippen molar-refractivity contribution in [1.82, 2.24) is 4.98 Å². The summed E-state index contributed by atoms with van der Waals surface area (Å²) in [7, 11) is 0. The van der Waals surface area contributed by atoms with Crippen LogP contribution in [0.1, 0.15) is 0 Å². The molecule has 0 saturated carbocycles. The first-order valence-corrected chi connectivity index (χ1v) is 5.07. The Labute approximate surface area is 86.5 Å². The second-order valence-electron chi connectivity index (χ2n) is 2.32. The number of H-pyrrole nitrogens is 1. The molecule has 0 saturated heterocycles. The molecular weight excluding hydrogens is 317 g/mol. The molecule has 0 spiro atoms. The van der Waals surface area contributed by atoms with E-state index in [1.165, 1.54) is 14.6 Å². The first-order chi connectivity index (χ1) is 5.27. The molecule has 0 bridgehead atoms. The van der Waals surface area contributed by atoms with E-state index >= 15 is 0 Å². The monoisotopic (exact) mass is 321 g/mol. The number of rotatable bonds is 0. The van der Waals surface area contributed by atoms with Crippen LogP contribution < -0.4 is 0 Å². The number of aromatic nitrogens is 1. The van der Waals surface area contributed by atoms with Crippen molar-refractivity contribution in [3.05, 3.63) is 32.4 Å². The van der Waals surface area contributed by atoms with Gasteiger partial charge in [0.05, 0.1) is 3.70 Å². The van der Waals surface area contributed by atoms with Gasteiger partial charge in [-0.2, -0.15) is 0 Å². The van der Waals surface area contributed by atoms with Gasteiger partial charge in [-0.25, -0.2) is 0 Å². The van der Waals surface area contributed by atoms with Crippen LogP contribution >= 0.6 is 38.5 Å². The van der Waals surface area contributed by atoms with Crippen molar-refractivity contribution in [3.63, 3.8) is 0 Å². The van der Waals surface area contributed by atoms with Crippen LogP contribution in [0, 0.1) is 3.70 Å². The highest BCUT2D eigenvalue weighted by Gasteiger charge is 1.99. The molecule has 0 fully saturated rings. The second-order valence-corrected chi connectivity index (χ2v) is 4.33. The van der Waals surface area contributed by atoms with Crippen molar-refractivity contribution in [2.24, 2.45) is 0 Å². The van der Waals surface area contributed by atoms with Gasteiger partial charge in [0.25, 0.3) is 0 Å². The van der Waals surface area contributed by atoms with E-state index in [0.717, 1.165) is 4.47 Å². The molecule has 0 atom stereocenters. The molecule has 56 valence electrons. The van der Waals surface area contributed by atoms with E-state index in [0.29, 0.717) is 0 Å². The van der Waals surface area contributed by atoms with Crippen LogP contribution in [-0.4, -0.2) is 4.98 Å². The standard InChI is InChI=1S/C8H5BrIN/c9-6-2-1-3-7-5(6)4-8(10)11-7/h1-4,11H. The maximum absolute atomic E-state index is 3.49. The molecule has 0 aliphatic carbocycles. The predicted octanol–water partition coefficient (Wildman–Crippen LogP) is 3.54. The van der Waals surface area contributed by atoms with Crippen molar-refractivity contribution in [3.8, 4) is 0 Å². The molecule has 11 heavy (non-hydrogen) atoms. The molecule has 2 aromatic rings. The van der Waals surface area contributed by atoms with Crippen LogP contribution in [0.15, 0.2) is 28.7 Å². The Morgan fingerprint density at radius 3 is 2.91 bits per heavy atom. The van der Waals surface area contributed by atoms with Gasteiger partial charge in [-0.15, -0.1) is 0 Å². The molecule has 3 heteroatoms. The molecule has 2 rings (SSSR count). The number of nitrogens with one attached hydrogen (secondary N) is 1. The summed E-state index contributed by atoms with van der Waals surface area (Å²) >= 11 is 5.76. The molecular formula is C8H5BrIN. The predicted molar refractivity (Wildman–Crippen MR) is 58.7 cm³/mol. The third kappa shape index (κ3) is 1.31. The first-order valence-electron chi connectivity index (χ1n) is 3.20. The largest absolute Gasteiger partial charge is 0.350 e. The summed E-state index contributed by atoms with van der Waals surface area (Å²) in [6, 6.07) is 8.27. The zero-order valence-corrected chi connectivity index (χ0v) is 9.31. The van der Waals surface area contributed by atoms with Gasteiger partial charge in [0, 0.05) is 15.4 Å². The van der Waals surface area contributed by atoms with E-state index < -0.39 is 0 Å². The van der Waals surface area contributed by atoms with Crippen LogP contribution in [0.2, 0.25) is 0 Å². The molecule has 0 aliphatic rings. The van der Waals surface area contributed by atoms with Gasteiger partial charge >= 0.3 is 0 Å². The molecule has 0 unspecified atom stereocenters. The van der Waals surface area contributed by atoms with Gasteiger partial charge in [0.15, 0.2) is 0 Å². The Kier molecular flexibility index (Phi) is 1.93. The second kappa shape index (κ2) is 2.79. The third-order valence-electron chi connectivity index (χ3n) is 1.58. The van der Waals surface area contributed by atoms with Crippen molar-refractivity contribution >= 4 is 49.4 Å². The van der Waals surface area contributed by atoms with Gasteiger partial charge in [0.2, 0.25) is 0 Å². The van der Waals surface area contributed by atoms with E-state index in [1.54, 1.807) is 0 Å². The summed E-state index contributed by atoms with van der Waals surface area (Å²) in [5, 5.41) is 1.25. The smallest absolute Gasteiger partial charge is 0.0783 e. The van der Waals surface area contributed by atoms with Gasteiger partial charge in [-0.05, 0) is 40.8 Å². The maximum atomic E-state index is 3.49. The average Bonchev–Trinajstić information content (AvgIpc) is 2.31. The minimum Gasteiger partial charge on any atom is -0.350 e. The summed E-state index contributed by atoms with van der Waals surface area (Å²) in [5.74, 6) is 0. The lowest BCUT2D eigenvalue weighted by molar-refractivity contribution is 1.41. The summed E-state index contributed by atoms with van der Waals surface area (Å²) in [5.41, 5.74) is 1.18. The lowest BCUT2D eigenvalue weighted by Gasteiger charge is -1.90. The Bertz CT molecular complexity index is 394. The minimum absolute atomic E-state index is 1.15. The molecule has 1 aromatic heterocycles. The van der Waals surface area contributed by atoms with Crippen molar-refractivity contribution < 1.29 is 0 Å². The Hall–Kier alpha value is -0.0300. The van der Waals surface area contributed by atoms with E-state index in [9.17, 15) is 0 Å². The van der Waals surface area contributed by atoms with E-state index in [-0.39, 0.29) is 0 Å². The molecule has 1 heterocycles. The SMILES string of the molecule is Brc1cccc2[nH]c(I)cc12. The van der Waals surface area contributed by atoms with E-state index in [2.05, 4.69) is 55.6 Å². The highest BCUT2D eigenvalue weighted by molar-refractivity contribution is 14.1. The minimum atomic E-state index is 1.15. The van der Waals surface area contributed by atoms with Gasteiger partial charge < -0.3 is 4.98 Å². The van der Waals surface area contributed by atoms with Gasteiger partial charge in [0.1, 0.15) is 0 Å². The zero-order valence-electron chi connectivity index (χ0n) is 5.57. The van der Waals surface area contributed by atoms with Crippen LogP contribution in [-0.2, 0) is 0 Å². The first kappa shape index (κ1) is 7.61. The fourth-order valence-corrected chi connectivity index (χ4v) is 2.17. The normalized spacial score (nSPS) is 10.7. The molecule has 0 aliphatic heterocycles.